The molecule has 4 rings (SSSR count). The van der Waals surface area contributed by atoms with Gasteiger partial charge in [0.15, 0.2) is 11.5 Å². The summed E-state index contributed by atoms with van der Waals surface area (Å²) in [5.41, 5.74) is 1.39. The predicted octanol–water partition coefficient (Wildman–Crippen LogP) is 2.35. The molecule has 0 aliphatic carbocycles. The van der Waals surface area contributed by atoms with E-state index in [9.17, 15) is 9.59 Å². The van der Waals surface area contributed by atoms with Crippen LogP contribution in [0.2, 0.25) is 0 Å². The molecule has 0 atom stereocenters. The average Bonchev–Trinajstić information content (AvgIpc) is 3.02. The molecule has 9 heteroatoms. The lowest BCUT2D eigenvalue weighted by Crippen LogP contribution is -2.38. The van der Waals surface area contributed by atoms with E-state index in [0.29, 0.717) is 36.2 Å². The number of morpholine rings is 1. The summed E-state index contributed by atoms with van der Waals surface area (Å²) in [6.45, 7) is 5.26. The average molecular weight is 455 g/mol. The lowest BCUT2D eigenvalue weighted by atomic mass is 10.1. The lowest BCUT2D eigenvalue weighted by Gasteiger charge is -2.26. The fourth-order valence-electron chi connectivity index (χ4n) is 4.00. The van der Waals surface area contributed by atoms with E-state index < -0.39 is 0 Å². The molecule has 2 aliphatic heterocycles. The minimum atomic E-state index is -0.160. The van der Waals surface area contributed by atoms with Gasteiger partial charge >= 0.3 is 0 Å². The van der Waals surface area contributed by atoms with Crippen LogP contribution in [0.3, 0.4) is 0 Å². The third-order valence-corrected chi connectivity index (χ3v) is 5.79. The van der Waals surface area contributed by atoms with E-state index in [0.717, 1.165) is 44.8 Å². The maximum atomic E-state index is 13.1. The molecule has 0 spiro atoms. The van der Waals surface area contributed by atoms with Gasteiger partial charge in [-0.15, -0.1) is 0 Å². The van der Waals surface area contributed by atoms with Crippen molar-refractivity contribution < 1.29 is 23.8 Å². The number of pyridine rings is 1. The van der Waals surface area contributed by atoms with Crippen molar-refractivity contribution in [2.75, 3.05) is 51.4 Å². The van der Waals surface area contributed by atoms with Gasteiger partial charge in [0.05, 0.1) is 26.9 Å². The van der Waals surface area contributed by atoms with E-state index in [1.54, 1.807) is 30.3 Å². The number of para-hydroxylation sites is 1. The molecule has 3 heterocycles. The second-order valence-electron chi connectivity index (χ2n) is 8.02. The van der Waals surface area contributed by atoms with Crippen molar-refractivity contribution in [3.05, 3.63) is 42.1 Å². The van der Waals surface area contributed by atoms with Gasteiger partial charge in [0.25, 0.3) is 0 Å². The molecular formula is C24H30N4O5. The molecule has 2 aromatic rings. The Morgan fingerprint density at radius 2 is 2.00 bits per heavy atom. The van der Waals surface area contributed by atoms with Crippen molar-refractivity contribution in [2.24, 2.45) is 0 Å². The number of ether oxygens (including phenoxy) is 3. The zero-order valence-corrected chi connectivity index (χ0v) is 18.9. The van der Waals surface area contributed by atoms with Crippen LogP contribution in [-0.4, -0.2) is 68.2 Å². The Hall–Kier alpha value is -3.17. The fraction of sp³-hybridized carbons (Fsp3) is 0.458. The highest BCUT2D eigenvalue weighted by atomic mass is 16.5. The molecule has 1 N–H and O–H groups in total. The topological polar surface area (TPSA) is 93.2 Å². The van der Waals surface area contributed by atoms with Crippen LogP contribution in [-0.2, 0) is 20.9 Å². The second kappa shape index (κ2) is 11.1. The van der Waals surface area contributed by atoms with E-state index in [1.165, 1.54) is 0 Å². The molecule has 176 valence electrons. The SMILES string of the molecule is COc1cccc2c1Oc1ncccc1N(C(=O)CCC(=O)NCCCN1CCOCC1)C2. The summed E-state index contributed by atoms with van der Waals surface area (Å²) in [7, 11) is 1.58. The first-order chi connectivity index (χ1) is 16.2. The van der Waals surface area contributed by atoms with E-state index in [-0.39, 0.29) is 24.7 Å². The third-order valence-electron chi connectivity index (χ3n) is 5.79. The van der Waals surface area contributed by atoms with Crippen molar-refractivity contribution in [1.82, 2.24) is 15.2 Å². The number of nitrogens with zero attached hydrogens (tertiary/aromatic N) is 3. The van der Waals surface area contributed by atoms with Crippen LogP contribution < -0.4 is 19.7 Å². The Morgan fingerprint density at radius 1 is 1.15 bits per heavy atom. The number of methoxy groups -OCH3 is 1. The van der Waals surface area contributed by atoms with Gasteiger partial charge in [0.1, 0.15) is 5.69 Å². The number of nitrogens with one attached hydrogen (secondary N) is 1. The first kappa shape index (κ1) is 23.0. The molecule has 1 aromatic heterocycles. The molecule has 0 saturated carbocycles. The van der Waals surface area contributed by atoms with Gasteiger partial charge in [0, 0.05) is 44.2 Å². The molecule has 1 aromatic carbocycles. The first-order valence-corrected chi connectivity index (χ1v) is 11.3. The summed E-state index contributed by atoms with van der Waals surface area (Å²) < 4.78 is 16.8. The van der Waals surface area contributed by atoms with Crippen LogP contribution in [0.25, 0.3) is 0 Å². The molecule has 33 heavy (non-hydrogen) atoms. The highest BCUT2D eigenvalue weighted by Gasteiger charge is 2.28. The molecular weight excluding hydrogens is 424 g/mol. The Balaban J connectivity index is 1.33. The van der Waals surface area contributed by atoms with Gasteiger partial charge in [-0.1, -0.05) is 12.1 Å². The van der Waals surface area contributed by atoms with E-state index >= 15 is 0 Å². The third kappa shape index (κ3) is 5.80. The lowest BCUT2D eigenvalue weighted by molar-refractivity contribution is -0.125. The van der Waals surface area contributed by atoms with Crippen LogP contribution in [0.1, 0.15) is 24.8 Å². The van der Waals surface area contributed by atoms with Crippen LogP contribution in [0.15, 0.2) is 36.5 Å². The highest BCUT2D eigenvalue weighted by molar-refractivity contribution is 5.96. The van der Waals surface area contributed by atoms with Crippen molar-refractivity contribution in [3.8, 4) is 17.4 Å². The minimum Gasteiger partial charge on any atom is -0.493 e. The number of amides is 2. The quantitative estimate of drug-likeness (QED) is 0.612. The van der Waals surface area contributed by atoms with E-state index in [4.69, 9.17) is 14.2 Å². The highest BCUT2D eigenvalue weighted by Crippen LogP contribution is 2.42. The number of carbonyl (C=O) groups excluding carboxylic acids is 2. The van der Waals surface area contributed by atoms with Crippen LogP contribution in [0, 0.1) is 0 Å². The number of hydrogen-bond donors (Lipinski definition) is 1. The molecule has 2 aliphatic rings. The van der Waals surface area contributed by atoms with Crippen LogP contribution in [0.5, 0.6) is 17.4 Å². The summed E-state index contributed by atoms with van der Waals surface area (Å²) in [5, 5.41) is 2.92. The Kier molecular flexibility index (Phi) is 7.74. The fourth-order valence-corrected chi connectivity index (χ4v) is 4.00. The van der Waals surface area contributed by atoms with E-state index in [1.807, 2.05) is 18.2 Å². The molecule has 0 bridgehead atoms. The van der Waals surface area contributed by atoms with Crippen molar-refractivity contribution >= 4 is 17.5 Å². The first-order valence-electron chi connectivity index (χ1n) is 11.3. The summed E-state index contributed by atoms with van der Waals surface area (Å²) in [6.07, 6.45) is 2.73. The number of benzene rings is 1. The maximum Gasteiger partial charge on any atom is 0.243 e. The number of aromatic nitrogens is 1. The Labute approximate surface area is 193 Å². The number of rotatable bonds is 8. The molecule has 0 unspecified atom stereocenters. The molecule has 9 nitrogen and oxygen atoms in total. The van der Waals surface area contributed by atoms with Crippen molar-refractivity contribution in [3.63, 3.8) is 0 Å². The van der Waals surface area contributed by atoms with Crippen molar-refractivity contribution in [2.45, 2.75) is 25.8 Å². The van der Waals surface area contributed by atoms with Crippen molar-refractivity contribution in [1.29, 1.82) is 0 Å². The zero-order valence-electron chi connectivity index (χ0n) is 18.9. The van der Waals surface area contributed by atoms with Gasteiger partial charge in [0.2, 0.25) is 17.7 Å². The smallest absolute Gasteiger partial charge is 0.243 e. The maximum absolute atomic E-state index is 13.1. The molecule has 0 radical (unpaired) electrons. The summed E-state index contributed by atoms with van der Waals surface area (Å²) in [5.74, 6) is 1.18. The van der Waals surface area contributed by atoms with E-state index in [2.05, 4.69) is 15.2 Å². The van der Waals surface area contributed by atoms with Gasteiger partial charge in [-0.05, 0) is 31.2 Å². The predicted molar refractivity (Wildman–Crippen MR) is 123 cm³/mol. The molecule has 1 fully saturated rings. The minimum absolute atomic E-state index is 0.100. The summed E-state index contributed by atoms with van der Waals surface area (Å²) >= 11 is 0. The standard InChI is InChI=1S/C24H30N4O5/c1-31-20-7-2-5-18-17-28(19-6-3-10-26-24(19)33-23(18)20)22(30)9-8-21(29)25-11-4-12-27-13-15-32-16-14-27/h2-3,5-7,10H,4,8-9,11-17H2,1H3,(H,25,29). The van der Waals surface area contributed by atoms with Gasteiger partial charge < -0.3 is 24.4 Å². The second-order valence-corrected chi connectivity index (χ2v) is 8.02. The van der Waals surface area contributed by atoms with Gasteiger partial charge in [-0.25, -0.2) is 4.98 Å². The monoisotopic (exact) mass is 454 g/mol. The summed E-state index contributed by atoms with van der Waals surface area (Å²) in [6, 6.07) is 9.12. The number of carbonyl (C=O) groups is 2. The normalized spacial score (nSPS) is 15.6. The van der Waals surface area contributed by atoms with Crippen LogP contribution >= 0.6 is 0 Å². The number of anilines is 1. The summed E-state index contributed by atoms with van der Waals surface area (Å²) in [4.78, 5) is 33.7. The number of fused-ring (bicyclic) bond motifs is 2. The molecule has 2 amide bonds. The Bertz CT molecular complexity index is 977. The zero-order chi connectivity index (χ0) is 23.0. The largest absolute Gasteiger partial charge is 0.493 e. The van der Waals surface area contributed by atoms with Gasteiger partial charge in [-0.2, -0.15) is 0 Å². The Morgan fingerprint density at radius 3 is 2.82 bits per heavy atom. The van der Waals surface area contributed by atoms with Gasteiger partial charge in [-0.3, -0.25) is 14.5 Å². The van der Waals surface area contributed by atoms with Crippen LogP contribution in [0.4, 0.5) is 5.69 Å². The molecule has 1 saturated heterocycles. The number of hydrogen-bond acceptors (Lipinski definition) is 7.